The number of alkyl halides is 2. The molecule has 0 aromatic heterocycles. The minimum absolute atomic E-state index is 0.232. The molecule has 0 aromatic carbocycles. The van der Waals surface area contributed by atoms with Crippen molar-refractivity contribution in [3.8, 4) is 0 Å². The van der Waals surface area contributed by atoms with Crippen LogP contribution in [0.2, 0.25) is 0 Å². The fourth-order valence-corrected chi connectivity index (χ4v) is 3.85. The summed E-state index contributed by atoms with van der Waals surface area (Å²) in [5.41, 5.74) is 0.419. The maximum atomic E-state index is 12.9. The van der Waals surface area contributed by atoms with Crippen LogP contribution in [-0.4, -0.2) is 29.8 Å². The van der Waals surface area contributed by atoms with Crippen molar-refractivity contribution in [2.45, 2.75) is 51.4 Å². The Kier molecular flexibility index (Phi) is 2.69. The zero-order valence-corrected chi connectivity index (χ0v) is 10.9. The Balaban J connectivity index is 1.56. The van der Waals surface area contributed by atoms with Crippen LogP contribution < -0.4 is 0 Å². The van der Waals surface area contributed by atoms with E-state index in [4.69, 9.17) is 0 Å². The third-order valence-electron chi connectivity index (χ3n) is 5.21. The minimum Gasteiger partial charge on any atom is -0.342 e. The standard InChI is InChI=1S/C14H21F2NO/c1-10-2-3-13(8-10)4-6-17(7-5-13)12(18)11-9-14(11,15)16/h10-11H,2-9H2,1H3/t10-,11?/m1/s1. The van der Waals surface area contributed by atoms with Crippen LogP contribution in [0, 0.1) is 17.3 Å². The van der Waals surface area contributed by atoms with E-state index in [1.165, 1.54) is 19.3 Å². The summed E-state index contributed by atoms with van der Waals surface area (Å²) in [4.78, 5) is 13.6. The number of carbonyl (C=O) groups excluding carboxylic acids is 1. The SMILES string of the molecule is C[C@@H]1CCC2(CCN(C(=O)C3CC3(F)F)CC2)C1. The van der Waals surface area contributed by atoms with E-state index in [1.807, 2.05) is 0 Å². The fourth-order valence-electron chi connectivity index (χ4n) is 3.85. The molecule has 2 saturated carbocycles. The summed E-state index contributed by atoms with van der Waals surface area (Å²) in [6, 6.07) is 0. The van der Waals surface area contributed by atoms with Gasteiger partial charge in [-0.2, -0.15) is 0 Å². The lowest BCUT2D eigenvalue weighted by atomic mass is 9.76. The van der Waals surface area contributed by atoms with Crippen molar-refractivity contribution in [1.29, 1.82) is 0 Å². The second-order valence-electron chi connectivity index (χ2n) is 6.69. The summed E-state index contributed by atoms with van der Waals surface area (Å²) < 4.78 is 25.8. The third kappa shape index (κ3) is 2.04. The van der Waals surface area contributed by atoms with Gasteiger partial charge in [-0.15, -0.1) is 0 Å². The van der Waals surface area contributed by atoms with E-state index in [-0.39, 0.29) is 12.3 Å². The highest BCUT2D eigenvalue weighted by atomic mass is 19.3. The molecule has 1 saturated heterocycles. The number of likely N-dealkylation sites (tertiary alicyclic amines) is 1. The second kappa shape index (κ2) is 3.91. The largest absolute Gasteiger partial charge is 0.342 e. The number of piperidine rings is 1. The van der Waals surface area contributed by atoms with Crippen molar-refractivity contribution in [2.24, 2.45) is 17.3 Å². The molecule has 1 spiro atoms. The predicted molar refractivity (Wildman–Crippen MR) is 64.3 cm³/mol. The van der Waals surface area contributed by atoms with E-state index in [2.05, 4.69) is 6.92 Å². The lowest BCUT2D eigenvalue weighted by Gasteiger charge is -2.39. The molecule has 1 unspecified atom stereocenters. The Morgan fingerprint density at radius 3 is 2.22 bits per heavy atom. The zero-order chi connectivity index (χ0) is 13.0. The average Bonchev–Trinajstić information content (AvgIpc) is 2.81. The highest BCUT2D eigenvalue weighted by Gasteiger charge is 2.62. The molecule has 2 aliphatic carbocycles. The molecule has 102 valence electrons. The van der Waals surface area contributed by atoms with Crippen LogP contribution in [-0.2, 0) is 4.79 Å². The monoisotopic (exact) mass is 257 g/mol. The molecule has 0 bridgehead atoms. The smallest absolute Gasteiger partial charge is 0.260 e. The van der Waals surface area contributed by atoms with Gasteiger partial charge in [-0.1, -0.05) is 13.3 Å². The Morgan fingerprint density at radius 1 is 1.17 bits per heavy atom. The van der Waals surface area contributed by atoms with Gasteiger partial charge in [-0.25, -0.2) is 8.78 Å². The molecule has 18 heavy (non-hydrogen) atoms. The van der Waals surface area contributed by atoms with Crippen molar-refractivity contribution < 1.29 is 13.6 Å². The Labute approximate surface area is 107 Å². The van der Waals surface area contributed by atoms with E-state index in [0.29, 0.717) is 18.5 Å². The van der Waals surface area contributed by atoms with Crippen LogP contribution in [0.3, 0.4) is 0 Å². The van der Waals surface area contributed by atoms with Gasteiger partial charge in [0.05, 0.1) is 0 Å². The summed E-state index contributed by atoms with van der Waals surface area (Å²) in [7, 11) is 0. The number of hydrogen-bond donors (Lipinski definition) is 0. The van der Waals surface area contributed by atoms with E-state index < -0.39 is 11.8 Å². The van der Waals surface area contributed by atoms with Crippen molar-refractivity contribution in [3.05, 3.63) is 0 Å². The van der Waals surface area contributed by atoms with Crippen LogP contribution >= 0.6 is 0 Å². The van der Waals surface area contributed by atoms with Gasteiger partial charge in [0, 0.05) is 19.5 Å². The molecule has 3 aliphatic rings. The van der Waals surface area contributed by atoms with Crippen LogP contribution in [0.5, 0.6) is 0 Å². The molecule has 2 nitrogen and oxygen atoms in total. The van der Waals surface area contributed by atoms with Crippen LogP contribution in [0.15, 0.2) is 0 Å². The number of hydrogen-bond acceptors (Lipinski definition) is 1. The molecule has 3 rings (SSSR count). The highest BCUT2D eigenvalue weighted by Crippen LogP contribution is 2.52. The lowest BCUT2D eigenvalue weighted by Crippen LogP contribution is -2.43. The first-order chi connectivity index (χ1) is 8.42. The highest BCUT2D eigenvalue weighted by molar-refractivity contribution is 5.83. The van der Waals surface area contributed by atoms with Crippen molar-refractivity contribution >= 4 is 5.91 Å². The number of nitrogens with zero attached hydrogens (tertiary/aromatic N) is 1. The molecule has 4 heteroatoms. The predicted octanol–water partition coefficient (Wildman–Crippen LogP) is 3.07. The quantitative estimate of drug-likeness (QED) is 0.707. The molecule has 1 aliphatic heterocycles. The number of amides is 1. The molecule has 0 N–H and O–H groups in total. The minimum atomic E-state index is -2.71. The van der Waals surface area contributed by atoms with Crippen molar-refractivity contribution in [3.63, 3.8) is 0 Å². The summed E-state index contributed by atoms with van der Waals surface area (Å²) in [5, 5.41) is 0. The van der Waals surface area contributed by atoms with Gasteiger partial charge in [-0.05, 0) is 37.0 Å². The number of halogens is 2. The molecular weight excluding hydrogens is 236 g/mol. The first kappa shape index (κ1) is 12.4. The molecule has 0 aromatic rings. The summed E-state index contributed by atoms with van der Waals surface area (Å²) in [5.74, 6) is -3.23. The van der Waals surface area contributed by atoms with Crippen LogP contribution in [0.25, 0.3) is 0 Å². The number of carbonyl (C=O) groups is 1. The Hall–Kier alpha value is -0.670. The summed E-state index contributed by atoms with van der Waals surface area (Å²) >= 11 is 0. The first-order valence-corrected chi connectivity index (χ1v) is 7.09. The van der Waals surface area contributed by atoms with E-state index in [9.17, 15) is 13.6 Å². The topological polar surface area (TPSA) is 20.3 Å². The maximum Gasteiger partial charge on any atom is 0.260 e. The summed E-state index contributed by atoms with van der Waals surface area (Å²) in [6.07, 6.45) is 5.60. The van der Waals surface area contributed by atoms with E-state index >= 15 is 0 Å². The summed E-state index contributed by atoms with van der Waals surface area (Å²) in [6.45, 7) is 3.67. The third-order valence-corrected chi connectivity index (χ3v) is 5.21. The molecule has 2 atom stereocenters. The first-order valence-electron chi connectivity index (χ1n) is 7.09. The van der Waals surface area contributed by atoms with Crippen molar-refractivity contribution in [2.75, 3.05) is 13.1 Å². The average molecular weight is 257 g/mol. The van der Waals surface area contributed by atoms with Crippen molar-refractivity contribution in [1.82, 2.24) is 4.90 Å². The lowest BCUT2D eigenvalue weighted by molar-refractivity contribution is -0.137. The van der Waals surface area contributed by atoms with Gasteiger partial charge in [0.15, 0.2) is 0 Å². The molecule has 1 heterocycles. The van der Waals surface area contributed by atoms with Crippen LogP contribution in [0.4, 0.5) is 8.78 Å². The fraction of sp³-hybridized carbons (Fsp3) is 0.929. The second-order valence-corrected chi connectivity index (χ2v) is 6.69. The van der Waals surface area contributed by atoms with Gasteiger partial charge in [-0.3, -0.25) is 4.79 Å². The molecule has 3 fully saturated rings. The van der Waals surface area contributed by atoms with Gasteiger partial charge >= 0.3 is 0 Å². The van der Waals surface area contributed by atoms with Gasteiger partial charge in [0.2, 0.25) is 5.91 Å². The molecular formula is C14H21F2NO. The molecule has 0 radical (unpaired) electrons. The van der Waals surface area contributed by atoms with Gasteiger partial charge in [0.25, 0.3) is 5.92 Å². The van der Waals surface area contributed by atoms with Crippen LogP contribution in [0.1, 0.15) is 45.4 Å². The number of rotatable bonds is 1. The normalized spacial score (nSPS) is 36.9. The molecule has 1 amide bonds. The van der Waals surface area contributed by atoms with E-state index in [0.717, 1.165) is 18.8 Å². The zero-order valence-electron chi connectivity index (χ0n) is 10.9. The van der Waals surface area contributed by atoms with Gasteiger partial charge < -0.3 is 4.90 Å². The maximum absolute atomic E-state index is 12.9. The van der Waals surface area contributed by atoms with Gasteiger partial charge in [0.1, 0.15) is 5.92 Å². The Morgan fingerprint density at radius 2 is 1.78 bits per heavy atom. The van der Waals surface area contributed by atoms with E-state index in [1.54, 1.807) is 4.90 Å². The Bertz CT molecular complexity index is 361.